The van der Waals surface area contributed by atoms with Gasteiger partial charge in [-0.2, -0.15) is 0 Å². The van der Waals surface area contributed by atoms with Crippen LogP contribution in [0, 0.1) is 0 Å². The monoisotopic (exact) mass is 276 g/mol. The maximum atomic E-state index is 6.39. The molecule has 1 rings (SSSR count). The van der Waals surface area contributed by atoms with Crippen molar-refractivity contribution in [2.75, 3.05) is 13.1 Å². The zero-order valence-electron chi connectivity index (χ0n) is 13.7. The average Bonchev–Trinajstić information content (AvgIpc) is 2.46. The van der Waals surface area contributed by atoms with Crippen molar-refractivity contribution < 1.29 is 0 Å². The third-order valence-electron chi connectivity index (χ3n) is 4.03. The van der Waals surface area contributed by atoms with Crippen LogP contribution in [0.3, 0.4) is 0 Å². The lowest BCUT2D eigenvalue weighted by molar-refractivity contribution is 0.204. The number of rotatable bonds is 9. The number of unbranched alkanes of at least 4 members (excludes halogenated alkanes) is 2. The quantitative estimate of drug-likeness (QED) is 0.687. The van der Waals surface area contributed by atoms with Crippen LogP contribution in [0.2, 0.25) is 0 Å². The molecule has 0 saturated carbocycles. The minimum atomic E-state index is 0.116. The van der Waals surface area contributed by atoms with Gasteiger partial charge in [0.15, 0.2) is 0 Å². The summed E-state index contributed by atoms with van der Waals surface area (Å²) in [4.78, 5) is 2.51. The van der Waals surface area contributed by atoms with Gasteiger partial charge in [0, 0.05) is 18.6 Å². The van der Waals surface area contributed by atoms with Crippen LogP contribution in [-0.4, -0.2) is 24.0 Å². The van der Waals surface area contributed by atoms with Gasteiger partial charge in [0.1, 0.15) is 0 Å². The molecule has 0 amide bonds. The Morgan fingerprint density at radius 2 is 1.70 bits per heavy atom. The Balaban J connectivity index is 2.57. The second-order valence-electron chi connectivity index (χ2n) is 6.00. The van der Waals surface area contributed by atoms with E-state index < -0.39 is 0 Å². The maximum Gasteiger partial charge on any atom is 0.0424 e. The molecule has 2 N–H and O–H groups in total. The minimum absolute atomic E-state index is 0.116. The van der Waals surface area contributed by atoms with Crippen molar-refractivity contribution in [1.82, 2.24) is 4.90 Å². The summed E-state index contributed by atoms with van der Waals surface area (Å²) < 4.78 is 0. The van der Waals surface area contributed by atoms with Gasteiger partial charge in [0.2, 0.25) is 0 Å². The van der Waals surface area contributed by atoms with Gasteiger partial charge in [0.05, 0.1) is 0 Å². The Hall–Kier alpha value is -0.860. The third kappa shape index (κ3) is 5.64. The van der Waals surface area contributed by atoms with Crippen molar-refractivity contribution in [3.8, 4) is 0 Å². The molecule has 0 radical (unpaired) electrons. The van der Waals surface area contributed by atoms with Gasteiger partial charge in [-0.15, -0.1) is 0 Å². The second kappa shape index (κ2) is 9.15. The minimum Gasteiger partial charge on any atom is -0.323 e. The van der Waals surface area contributed by atoms with E-state index in [1.165, 1.54) is 30.4 Å². The van der Waals surface area contributed by atoms with E-state index in [-0.39, 0.29) is 6.04 Å². The van der Waals surface area contributed by atoms with Gasteiger partial charge in [-0.25, -0.2) is 0 Å². The number of benzene rings is 1. The highest BCUT2D eigenvalue weighted by Crippen LogP contribution is 2.15. The van der Waals surface area contributed by atoms with Crippen LogP contribution in [0.1, 0.15) is 64.1 Å². The molecule has 114 valence electrons. The zero-order valence-corrected chi connectivity index (χ0v) is 13.7. The number of aryl methyl sites for hydroxylation is 1. The molecule has 0 bridgehead atoms. The van der Waals surface area contributed by atoms with Crippen LogP contribution in [0.15, 0.2) is 24.3 Å². The van der Waals surface area contributed by atoms with Crippen LogP contribution in [0.25, 0.3) is 0 Å². The summed E-state index contributed by atoms with van der Waals surface area (Å²) in [7, 11) is 0. The van der Waals surface area contributed by atoms with Crippen LogP contribution in [0.5, 0.6) is 0 Å². The van der Waals surface area contributed by atoms with Crippen molar-refractivity contribution in [3.63, 3.8) is 0 Å². The molecule has 0 spiro atoms. The summed E-state index contributed by atoms with van der Waals surface area (Å²) in [5, 5.41) is 0. The molecule has 0 aromatic heterocycles. The predicted octanol–water partition coefficient (Wildman–Crippen LogP) is 4.15. The SMILES string of the molecule is CCCCCN(CC(N)c1ccc(CC)cc1)C(C)C. The lowest BCUT2D eigenvalue weighted by Crippen LogP contribution is -2.37. The Morgan fingerprint density at radius 1 is 1.05 bits per heavy atom. The van der Waals surface area contributed by atoms with Crippen molar-refractivity contribution in [2.24, 2.45) is 5.73 Å². The van der Waals surface area contributed by atoms with Gasteiger partial charge in [-0.05, 0) is 44.4 Å². The van der Waals surface area contributed by atoms with Gasteiger partial charge in [0.25, 0.3) is 0 Å². The van der Waals surface area contributed by atoms with Crippen LogP contribution >= 0.6 is 0 Å². The summed E-state index contributed by atoms with van der Waals surface area (Å²) in [6, 6.07) is 9.46. The van der Waals surface area contributed by atoms with E-state index in [0.717, 1.165) is 19.5 Å². The van der Waals surface area contributed by atoms with Gasteiger partial charge in [-0.3, -0.25) is 4.90 Å². The molecule has 2 nitrogen and oxygen atoms in total. The van der Waals surface area contributed by atoms with E-state index in [4.69, 9.17) is 5.73 Å². The second-order valence-corrected chi connectivity index (χ2v) is 6.00. The van der Waals surface area contributed by atoms with E-state index in [9.17, 15) is 0 Å². The fourth-order valence-corrected chi connectivity index (χ4v) is 2.48. The Labute approximate surface area is 125 Å². The van der Waals surface area contributed by atoms with Crippen molar-refractivity contribution >= 4 is 0 Å². The third-order valence-corrected chi connectivity index (χ3v) is 4.03. The molecule has 1 aromatic rings. The van der Waals surface area contributed by atoms with E-state index in [2.05, 4.69) is 56.9 Å². The summed E-state index contributed by atoms with van der Waals surface area (Å²) in [6.45, 7) is 11.1. The molecule has 2 heteroatoms. The zero-order chi connectivity index (χ0) is 15.0. The molecule has 20 heavy (non-hydrogen) atoms. The fraction of sp³-hybridized carbons (Fsp3) is 0.667. The van der Waals surface area contributed by atoms with Crippen molar-refractivity contribution in [1.29, 1.82) is 0 Å². The first-order chi connectivity index (χ1) is 9.58. The normalized spacial score (nSPS) is 13.2. The predicted molar refractivity (Wildman–Crippen MR) is 89.0 cm³/mol. The average molecular weight is 276 g/mol. The fourth-order valence-electron chi connectivity index (χ4n) is 2.48. The number of nitrogens with two attached hydrogens (primary N) is 1. The number of hydrogen-bond acceptors (Lipinski definition) is 2. The summed E-state index contributed by atoms with van der Waals surface area (Å²) in [5.74, 6) is 0. The topological polar surface area (TPSA) is 29.3 Å². The Kier molecular flexibility index (Phi) is 7.86. The van der Waals surface area contributed by atoms with Gasteiger partial charge >= 0.3 is 0 Å². The summed E-state index contributed by atoms with van der Waals surface area (Å²) >= 11 is 0. The molecule has 1 aromatic carbocycles. The molecule has 0 heterocycles. The van der Waals surface area contributed by atoms with E-state index in [1.54, 1.807) is 0 Å². The van der Waals surface area contributed by atoms with E-state index in [1.807, 2.05) is 0 Å². The molecule has 0 aliphatic heterocycles. The molecule has 1 atom stereocenters. The summed E-state index contributed by atoms with van der Waals surface area (Å²) in [5.41, 5.74) is 9.02. The van der Waals surface area contributed by atoms with E-state index in [0.29, 0.717) is 6.04 Å². The first kappa shape index (κ1) is 17.2. The smallest absolute Gasteiger partial charge is 0.0424 e. The number of hydrogen-bond donors (Lipinski definition) is 1. The number of nitrogens with zero attached hydrogens (tertiary/aromatic N) is 1. The first-order valence-electron chi connectivity index (χ1n) is 8.16. The van der Waals surface area contributed by atoms with E-state index >= 15 is 0 Å². The molecule has 0 aliphatic rings. The highest BCUT2D eigenvalue weighted by Gasteiger charge is 2.14. The lowest BCUT2D eigenvalue weighted by atomic mass is 10.0. The molecule has 0 saturated heterocycles. The molecule has 1 unspecified atom stereocenters. The van der Waals surface area contributed by atoms with Crippen molar-refractivity contribution in [3.05, 3.63) is 35.4 Å². The Morgan fingerprint density at radius 3 is 2.20 bits per heavy atom. The first-order valence-corrected chi connectivity index (χ1v) is 8.16. The highest BCUT2D eigenvalue weighted by molar-refractivity contribution is 5.25. The van der Waals surface area contributed by atoms with Crippen LogP contribution in [0.4, 0.5) is 0 Å². The molecule has 0 fully saturated rings. The molecular formula is C18H32N2. The molecule has 0 aliphatic carbocycles. The largest absolute Gasteiger partial charge is 0.323 e. The van der Waals surface area contributed by atoms with Gasteiger partial charge in [-0.1, -0.05) is 51.0 Å². The maximum absolute atomic E-state index is 6.39. The Bertz CT molecular complexity index is 356. The summed E-state index contributed by atoms with van der Waals surface area (Å²) in [6.07, 6.45) is 4.95. The standard InChI is InChI=1S/C18H32N2/c1-5-7-8-13-20(15(3)4)14-18(19)17-11-9-16(6-2)10-12-17/h9-12,15,18H,5-8,13-14,19H2,1-4H3. The van der Waals surface area contributed by atoms with Crippen LogP contribution < -0.4 is 5.73 Å². The highest BCUT2D eigenvalue weighted by atomic mass is 15.2. The van der Waals surface area contributed by atoms with Gasteiger partial charge < -0.3 is 5.73 Å². The lowest BCUT2D eigenvalue weighted by Gasteiger charge is -2.29. The van der Waals surface area contributed by atoms with Crippen molar-refractivity contribution in [2.45, 2.75) is 65.5 Å². The molecular weight excluding hydrogens is 244 g/mol. The van der Waals surface area contributed by atoms with Crippen LogP contribution in [-0.2, 0) is 6.42 Å².